The lowest BCUT2D eigenvalue weighted by atomic mass is 10.2. The summed E-state index contributed by atoms with van der Waals surface area (Å²) < 4.78 is 32.4. The van der Waals surface area contributed by atoms with Crippen molar-refractivity contribution in [2.24, 2.45) is 0 Å². The van der Waals surface area contributed by atoms with Gasteiger partial charge < -0.3 is 9.73 Å². The molecule has 0 fully saturated rings. The molecule has 2 heterocycles. The molecule has 2 aromatic heterocycles. The highest BCUT2D eigenvalue weighted by Crippen LogP contribution is 2.20. The van der Waals surface area contributed by atoms with Gasteiger partial charge in [0.2, 0.25) is 5.89 Å². The van der Waals surface area contributed by atoms with Crippen LogP contribution in [0.25, 0.3) is 0 Å². The van der Waals surface area contributed by atoms with Crippen LogP contribution in [-0.4, -0.2) is 21.1 Å². The topological polar surface area (TPSA) is 80.9 Å². The van der Waals surface area contributed by atoms with E-state index in [1.54, 1.807) is 6.20 Å². The smallest absolute Gasteiger partial charge is 0.277 e. The fourth-order valence-electron chi connectivity index (χ4n) is 1.95. The van der Waals surface area contributed by atoms with Gasteiger partial charge in [0.15, 0.2) is 0 Å². The van der Waals surface area contributed by atoms with Crippen LogP contribution in [0.1, 0.15) is 21.9 Å². The normalized spacial score (nSPS) is 10.6. The first-order valence-corrected chi connectivity index (χ1v) is 8.19. The average Bonchev–Trinajstić information content (AvgIpc) is 3.07. The van der Waals surface area contributed by atoms with Crippen LogP contribution in [0.4, 0.5) is 8.78 Å². The number of benzene rings is 1. The monoisotopic (exact) mass is 362 g/mol. The number of carbonyl (C=O) groups is 1. The number of halogens is 2. The van der Waals surface area contributed by atoms with Gasteiger partial charge in [0.1, 0.15) is 17.2 Å². The van der Waals surface area contributed by atoms with Crippen molar-refractivity contribution in [2.45, 2.75) is 17.5 Å². The zero-order chi connectivity index (χ0) is 17.6. The quantitative estimate of drug-likeness (QED) is 0.679. The summed E-state index contributed by atoms with van der Waals surface area (Å²) in [5.41, 5.74) is 0.211. The van der Waals surface area contributed by atoms with Crippen molar-refractivity contribution in [1.29, 1.82) is 0 Å². The number of nitrogens with one attached hydrogen (secondary N) is 1. The number of aromatic nitrogens is 3. The summed E-state index contributed by atoms with van der Waals surface area (Å²) in [6.07, 6.45) is 1.69. The molecule has 1 aromatic carbocycles. The first kappa shape index (κ1) is 17.0. The summed E-state index contributed by atoms with van der Waals surface area (Å²) in [7, 11) is 0. The predicted octanol–water partition coefficient (Wildman–Crippen LogP) is 2.97. The SMILES string of the molecule is O=C(NCc1nnc(SCc2ccccn2)o1)c1c(F)cccc1F. The number of carbonyl (C=O) groups excluding carboxylic acids is 1. The summed E-state index contributed by atoms with van der Waals surface area (Å²) in [6, 6.07) is 8.77. The molecular weight excluding hydrogens is 350 g/mol. The molecular formula is C16H12F2N4O2S. The van der Waals surface area contributed by atoms with E-state index >= 15 is 0 Å². The Morgan fingerprint density at radius 3 is 2.64 bits per heavy atom. The van der Waals surface area contributed by atoms with Crippen LogP contribution in [0.3, 0.4) is 0 Å². The van der Waals surface area contributed by atoms with Crippen LogP contribution in [0.2, 0.25) is 0 Å². The number of amides is 1. The lowest BCUT2D eigenvalue weighted by Crippen LogP contribution is -2.25. The van der Waals surface area contributed by atoms with Crippen LogP contribution in [0, 0.1) is 11.6 Å². The van der Waals surface area contributed by atoms with Gasteiger partial charge in [0.05, 0.1) is 12.2 Å². The number of pyridine rings is 1. The summed E-state index contributed by atoms with van der Waals surface area (Å²) in [5.74, 6) is -2.08. The third-order valence-electron chi connectivity index (χ3n) is 3.11. The van der Waals surface area contributed by atoms with E-state index in [9.17, 15) is 13.6 Å². The molecule has 25 heavy (non-hydrogen) atoms. The van der Waals surface area contributed by atoms with Crippen LogP contribution in [0.5, 0.6) is 0 Å². The van der Waals surface area contributed by atoms with E-state index < -0.39 is 23.1 Å². The molecule has 0 saturated heterocycles. The van der Waals surface area contributed by atoms with Crippen molar-refractivity contribution in [1.82, 2.24) is 20.5 Å². The molecule has 3 rings (SSSR count). The highest BCUT2D eigenvalue weighted by molar-refractivity contribution is 7.98. The van der Waals surface area contributed by atoms with Gasteiger partial charge in [-0.15, -0.1) is 10.2 Å². The zero-order valence-corrected chi connectivity index (χ0v) is 13.6. The maximum Gasteiger partial charge on any atom is 0.277 e. The minimum absolute atomic E-state index is 0.133. The lowest BCUT2D eigenvalue weighted by Gasteiger charge is -2.04. The molecule has 0 aliphatic heterocycles. The van der Waals surface area contributed by atoms with Crippen molar-refractivity contribution >= 4 is 17.7 Å². The van der Waals surface area contributed by atoms with E-state index in [4.69, 9.17) is 4.42 Å². The summed E-state index contributed by atoms with van der Waals surface area (Å²) in [5, 5.41) is 10.3. The molecule has 0 spiro atoms. The Bertz CT molecular complexity index is 853. The van der Waals surface area contributed by atoms with Crippen molar-refractivity contribution in [3.8, 4) is 0 Å². The molecule has 0 saturated carbocycles. The van der Waals surface area contributed by atoms with Gasteiger partial charge in [0, 0.05) is 11.9 Å². The zero-order valence-electron chi connectivity index (χ0n) is 12.8. The van der Waals surface area contributed by atoms with Gasteiger partial charge in [-0.05, 0) is 24.3 Å². The van der Waals surface area contributed by atoms with E-state index in [0.717, 1.165) is 17.8 Å². The number of nitrogens with zero attached hydrogens (tertiary/aromatic N) is 3. The summed E-state index contributed by atoms with van der Waals surface area (Å²) in [4.78, 5) is 16.1. The standard InChI is InChI=1S/C16H12F2N4O2S/c17-11-5-3-6-12(18)14(11)15(23)20-8-13-21-22-16(24-13)25-9-10-4-1-2-7-19-10/h1-7H,8-9H2,(H,20,23). The number of hydrogen-bond donors (Lipinski definition) is 1. The Labute approximate surface area is 145 Å². The molecule has 1 amide bonds. The first-order valence-electron chi connectivity index (χ1n) is 7.21. The molecule has 9 heteroatoms. The van der Waals surface area contributed by atoms with E-state index in [1.807, 2.05) is 18.2 Å². The second kappa shape index (κ2) is 7.84. The average molecular weight is 362 g/mol. The molecule has 0 bridgehead atoms. The van der Waals surface area contributed by atoms with Gasteiger partial charge in [-0.3, -0.25) is 9.78 Å². The molecule has 0 unspecified atom stereocenters. The number of thioether (sulfide) groups is 1. The number of rotatable bonds is 6. The van der Waals surface area contributed by atoms with Crippen molar-refractivity contribution < 1.29 is 18.0 Å². The van der Waals surface area contributed by atoms with Crippen LogP contribution < -0.4 is 5.32 Å². The third-order valence-corrected chi connectivity index (χ3v) is 3.96. The van der Waals surface area contributed by atoms with Crippen molar-refractivity contribution in [3.63, 3.8) is 0 Å². The van der Waals surface area contributed by atoms with Gasteiger partial charge in [0.25, 0.3) is 11.1 Å². The van der Waals surface area contributed by atoms with Crippen LogP contribution in [0.15, 0.2) is 52.2 Å². The highest BCUT2D eigenvalue weighted by Gasteiger charge is 2.17. The second-order valence-electron chi connectivity index (χ2n) is 4.85. The van der Waals surface area contributed by atoms with Crippen LogP contribution >= 0.6 is 11.8 Å². The van der Waals surface area contributed by atoms with Crippen molar-refractivity contribution in [3.05, 3.63) is 71.4 Å². The molecule has 3 aromatic rings. The van der Waals surface area contributed by atoms with Crippen LogP contribution in [-0.2, 0) is 12.3 Å². The van der Waals surface area contributed by atoms with Crippen molar-refractivity contribution in [2.75, 3.05) is 0 Å². The van der Waals surface area contributed by atoms with E-state index in [2.05, 4.69) is 20.5 Å². The van der Waals surface area contributed by atoms with Gasteiger partial charge in [-0.25, -0.2) is 8.78 Å². The molecule has 128 valence electrons. The Morgan fingerprint density at radius 1 is 1.12 bits per heavy atom. The Balaban J connectivity index is 1.56. The summed E-state index contributed by atoms with van der Waals surface area (Å²) in [6.45, 7) is -0.135. The molecule has 0 aliphatic rings. The van der Waals surface area contributed by atoms with Gasteiger partial charge in [-0.2, -0.15) is 0 Å². The fraction of sp³-hybridized carbons (Fsp3) is 0.125. The minimum atomic E-state index is -0.936. The van der Waals surface area contributed by atoms with E-state index in [-0.39, 0.29) is 12.4 Å². The fourth-order valence-corrected chi connectivity index (χ4v) is 2.64. The predicted molar refractivity (Wildman–Crippen MR) is 85.6 cm³/mol. The minimum Gasteiger partial charge on any atom is -0.414 e. The van der Waals surface area contributed by atoms with E-state index in [0.29, 0.717) is 11.0 Å². The highest BCUT2D eigenvalue weighted by atomic mass is 32.2. The maximum atomic E-state index is 13.5. The lowest BCUT2D eigenvalue weighted by molar-refractivity contribution is 0.0938. The first-order chi connectivity index (χ1) is 12.1. The van der Waals surface area contributed by atoms with Gasteiger partial charge in [-0.1, -0.05) is 23.9 Å². The third kappa shape index (κ3) is 4.38. The molecule has 0 atom stereocenters. The molecule has 0 aliphatic carbocycles. The Morgan fingerprint density at radius 2 is 1.92 bits per heavy atom. The van der Waals surface area contributed by atoms with E-state index in [1.165, 1.54) is 17.8 Å². The summed E-state index contributed by atoms with van der Waals surface area (Å²) >= 11 is 1.29. The maximum absolute atomic E-state index is 13.5. The second-order valence-corrected chi connectivity index (χ2v) is 5.78. The largest absolute Gasteiger partial charge is 0.414 e. The Kier molecular flexibility index (Phi) is 5.34. The molecule has 0 radical (unpaired) electrons. The Hall–Kier alpha value is -2.81. The van der Waals surface area contributed by atoms with Gasteiger partial charge >= 0.3 is 0 Å². The number of hydrogen-bond acceptors (Lipinski definition) is 6. The molecule has 1 N–H and O–H groups in total. The molecule has 6 nitrogen and oxygen atoms in total.